The van der Waals surface area contributed by atoms with Gasteiger partial charge in [-0.15, -0.1) is 0 Å². The molecule has 1 heterocycles. The summed E-state index contributed by atoms with van der Waals surface area (Å²) in [6.45, 7) is 4.18. The van der Waals surface area contributed by atoms with Gasteiger partial charge in [0.25, 0.3) is 5.91 Å². The Labute approximate surface area is 111 Å². The second kappa shape index (κ2) is 4.91. The number of ether oxygens (including phenoxy) is 1. The predicted molar refractivity (Wildman–Crippen MR) is 68.7 cm³/mol. The second-order valence-electron chi connectivity index (χ2n) is 5.33. The lowest BCUT2D eigenvalue weighted by molar-refractivity contribution is -0.156. The quantitative estimate of drug-likeness (QED) is 0.792. The van der Waals surface area contributed by atoms with E-state index >= 15 is 0 Å². The van der Waals surface area contributed by atoms with Gasteiger partial charge in [-0.3, -0.25) is 4.79 Å². The molecule has 1 aliphatic rings. The van der Waals surface area contributed by atoms with Crippen molar-refractivity contribution in [2.45, 2.75) is 26.3 Å². The number of esters is 1. The molecule has 2 rings (SSSR count). The average Bonchev–Trinajstić information content (AvgIpc) is 2.34. The minimum atomic E-state index is -0.701. The molecule has 1 fully saturated rings. The molecule has 19 heavy (non-hydrogen) atoms. The van der Waals surface area contributed by atoms with Gasteiger partial charge in [-0.25, -0.2) is 4.79 Å². The zero-order valence-electron chi connectivity index (χ0n) is 11.0. The van der Waals surface area contributed by atoms with Gasteiger partial charge in [0.05, 0.1) is 12.2 Å². The highest BCUT2D eigenvalue weighted by molar-refractivity contribution is 5.99. The minimum Gasteiger partial charge on any atom is -0.507 e. The molecule has 0 aromatic heterocycles. The van der Waals surface area contributed by atoms with Gasteiger partial charge in [0.2, 0.25) is 0 Å². The zero-order chi connectivity index (χ0) is 14.0. The van der Waals surface area contributed by atoms with Crippen LogP contribution >= 0.6 is 0 Å². The molecule has 5 nitrogen and oxygen atoms in total. The highest BCUT2D eigenvalue weighted by Gasteiger charge is 2.41. The van der Waals surface area contributed by atoms with E-state index in [0.29, 0.717) is 13.0 Å². The number of phenolic OH excluding ortho intramolecular Hbond substituents is 1. The minimum absolute atomic E-state index is 0.109. The van der Waals surface area contributed by atoms with E-state index in [1.807, 2.05) is 13.8 Å². The molecule has 1 aromatic rings. The first kappa shape index (κ1) is 13.4. The van der Waals surface area contributed by atoms with Crippen molar-refractivity contribution in [3.8, 4) is 5.75 Å². The van der Waals surface area contributed by atoms with Crippen LogP contribution in [-0.2, 0) is 9.53 Å². The first-order valence-corrected chi connectivity index (χ1v) is 6.17. The topological polar surface area (TPSA) is 75.6 Å². The molecular formula is C14H17NO4. The lowest BCUT2D eigenvalue weighted by Crippen LogP contribution is -2.54. The van der Waals surface area contributed by atoms with Crippen molar-refractivity contribution in [1.29, 1.82) is 0 Å². The Morgan fingerprint density at radius 1 is 1.42 bits per heavy atom. The summed E-state index contributed by atoms with van der Waals surface area (Å²) in [5.74, 6) is -1.02. The summed E-state index contributed by atoms with van der Waals surface area (Å²) in [4.78, 5) is 23.9. The standard InChI is InChI=1S/C14H17NO4/c1-14(2)7-8-19-13(18)11(14)15-12(17)9-5-3-4-6-10(9)16/h3-6,11,16H,7-8H2,1-2H3,(H,15,17). The number of rotatable bonds is 2. The van der Waals surface area contributed by atoms with Crippen molar-refractivity contribution < 1.29 is 19.4 Å². The van der Waals surface area contributed by atoms with E-state index in [4.69, 9.17) is 4.74 Å². The maximum absolute atomic E-state index is 12.1. The Kier molecular flexibility index (Phi) is 3.46. The van der Waals surface area contributed by atoms with Crippen LogP contribution in [0.2, 0.25) is 0 Å². The first-order valence-electron chi connectivity index (χ1n) is 6.17. The molecule has 1 aromatic carbocycles. The summed E-state index contributed by atoms with van der Waals surface area (Å²) in [6, 6.07) is 5.52. The molecule has 0 bridgehead atoms. The third kappa shape index (κ3) is 2.70. The summed E-state index contributed by atoms with van der Waals surface area (Å²) in [5, 5.41) is 12.3. The number of aromatic hydroxyl groups is 1. The molecule has 1 atom stereocenters. The summed E-state index contributed by atoms with van der Waals surface area (Å²) in [7, 11) is 0. The van der Waals surface area contributed by atoms with Gasteiger partial charge in [-0.1, -0.05) is 26.0 Å². The molecule has 0 radical (unpaired) electrons. The maximum atomic E-state index is 12.1. The zero-order valence-corrected chi connectivity index (χ0v) is 11.0. The predicted octanol–water partition coefficient (Wildman–Crippen LogP) is 1.46. The van der Waals surface area contributed by atoms with E-state index in [9.17, 15) is 14.7 Å². The van der Waals surface area contributed by atoms with E-state index < -0.39 is 17.9 Å². The van der Waals surface area contributed by atoms with Crippen LogP contribution in [0, 0.1) is 5.41 Å². The van der Waals surface area contributed by atoms with Crippen molar-refractivity contribution in [3.05, 3.63) is 29.8 Å². The fraction of sp³-hybridized carbons (Fsp3) is 0.429. The molecule has 1 amide bonds. The van der Waals surface area contributed by atoms with Crippen LogP contribution < -0.4 is 5.32 Å². The largest absolute Gasteiger partial charge is 0.507 e. The van der Waals surface area contributed by atoms with Gasteiger partial charge in [-0.05, 0) is 24.0 Å². The monoisotopic (exact) mass is 263 g/mol. The van der Waals surface area contributed by atoms with E-state index in [-0.39, 0.29) is 16.7 Å². The van der Waals surface area contributed by atoms with Crippen molar-refractivity contribution >= 4 is 11.9 Å². The van der Waals surface area contributed by atoms with Crippen molar-refractivity contribution in [1.82, 2.24) is 5.32 Å². The van der Waals surface area contributed by atoms with Crippen LogP contribution in [0.25, 0.3) is 0 Å². The van der Waals surface area contributed by atoms with Crippen LogP contribution in [0.5, 0.6) is 5.75 Å². The van der Waals surface area contributed by atoms with Crippen LogP contribution in [0.3, 0.4) is 0 Å². The normalized spacial score (nSPS) is 21.6. The van der Waals surface area contributed by atoms with Crippen molar-refractivity contribution in [3.63, 3.8) is 0 Å². The number of carbonyl (C=O) groups excluding carboxylic acids is 2. The second-order valence-corrected chi connectivity index (χ2v) is 5.33. The SMILES string of the molecule is CC1(C)CCOC(=O)C1NC(=O)c1ccccc1O. The van der Waals surface area contributed by atoms with E-state index in [2.05, 4.69) is 5.32 Å². The van der Waals surface area contributed by atoms with E-state index in [1.165, 1.54) is 12.1 Å². The number of cyclic esters (lactones) is 1. The molecule has 0 spiro atoms. The molecule has 2 N–H and O–H groups in total. The third-order valence-corrected chi connectivity index (χ3v) is 3.43. The van der Waals surface area contributed by atoms with Crippen LogP contribution in [-0.4, -0.2) is 29.6 Å². The number of hydrogen-bond donors (Lipinski definition) is 2. The lowest BCUT2D eigenvalue weighted by Gasteiger charge is -2.37. The molecule has 1 aliphatic heterocycles. The van der Waals surface area contributed by atoms with E-state index in [0.717, 1.165) is 0 Å². The fourth-order valence-electron chi connectivity index (χ4n) is 2.09. The highest BCUT2D eigenvalue weighted by atomic mass is 16.5. The molecular weight excluding hydrogens is 246 g/mol. The van der Waals surface area contributed by atoms with Gasteiger partial charge in [0.15, 0.2) is 0 Å². The smallest absolute Gasteiger partial charge is 0.329 e. The van der Waals surface area contributed by atoms with Gasteiger partial charge < -0.3 is 15.2 Å². The molecule has 5 heteroatoms. The van der Waals surface area contributed by atoms with Crippen LogP contribution in [0.1, 0.15) is 30.6 Å². The first-order chi connectivity index (χ1) is 8.92. The Balaban J connectivity index is 2.18. The molecule has 0 saturated carbocycles. The number of para-hydroxylation sites is 1. The fourth-order valence-corrected chi connectivity index (χ4v) is 2.09. The van der Waals surface area contributed by atoms with Gasteiger partial charge >= 0.3 is 5.97 Å². The number of amides is 1. The van der Waals surface area contributed by atoms with E-state index in [1.54, 1.807) is 12.1 Å². The number of nitrogens with one attached hydrogen (secondary N) is 1. The average molecular weight is 263 g/mol. The Hall–Kier alpha value is -2.04. The molecule has 1 unspecified atom stereocenters. The Morgan fingerprint density at radius 3 is 2.74 bits per heavy atom. The number of benzene rings is 1. The summed E-state index contributed by atoms with van der Waals surface area (Å²) in [5.41, 5.74) is -0.216. The summed E-state index contributed by atoms with van der Waals surface area (Å²) >= 11 is 0. The molecule has 0 aliphatic carbocycles. The third-order valence-electron chi connectivity index (χ3n) is 3.43. The number of carbonyl (C=O) groups is 2. The molecule has 1 saturated heterocycles. The summed E-state index contributed by atoms with van der Waals surface area (Å²) in [6.07, 6.45) is 0.685. The number of phenols is 1. The van der Waals surface area contributed by atoms with Gasteiger partial charge in [0, 0.05) is 0 Å². The van der Waals surface area contributed by atoms with Crippen LogP contribution in [0.15, 0.2) is 24.3 Å². The van der Waals surface area contributed by atoms with Crippen molar-refractivity contribution in [2.75, 3.05) is 6.61 Å². The maximum Gasteiger partial charge on any atom is 0.329 e. The van der Waals surface area contributed by atoms with Crippen molar-refractivity contribution in [2.24, 2.45) is 5.41 Å². The molecule has 102 valence electrons. The summed E-state index contributed by atoms with van der Waals surface area (Å²) < 4.78 is 4.98. The Morgan fingerprint density at radius 2 is 2.11 bits per heavy atom. The van der Waals surface area contributed by atoms with Gasteiger partial charge in [0.1, 0.15) is 11.8 Å². The van der Waals surface area contributed by atoms with Crippen LogP contribution in [0.4, 0.5) is 0 Å². The van der Waals surface area contributed by atoms with Gasteiger partial charge in [-0.2, -0.15) is 0 Å². The Bertz CT molecular complexity index is 510. The highest BCUT2D eigenvalue weighted by Crippen LogP contribution is 2.30. The number of hydrogen-bond acceptors (Lipinski definition) is 4. The lowest BCUT2D eigenvalue weighted by atomic mass is 9.80.